The quantitative estimate of drug-likeness (QED) is 0.680. The van der Waals surface area contributed by atoms with Crippen LogP contribution in [0, 0.1) is 0 Å². The molecule has 0 N–H and O–H groups in total. The summed E-state index contributed by atoms with van der Waals surface area (Å²) in [5.74, 6) is 1.17. The van der Waals surface area contributed by atoms with Crippen LogP contribution in [-0.4, -0.2) is 28.8 Å². The van der Waals surface area contributed by atoms with Crippen LogP contribution in [0.4, 0.5) is 0 Å². The van der Waals surface area contributed by atoms with Crippen LogP contribution in [0.5, 0.6) is 11.5 Å². The van der Waals surface area contributed by atoms with E-state index in [9.17, 15) is 9.59 Å². The maximum Gasteiger partial charge on any atom is 0.292 e. The van der Waals surface area contributed by atoms with Gasteiger partial charge in [0.1, 0.15) is 6.20 Å². The predicted octanol–water partition coefficient (Wildman–Crippen LogP) is 0.0761. The number of ether oxygens (including phenoxy) is 2. The van der Waals surface area contributed by atoms with Crippen LogP contribution >= 0.6 is 11.3 Å². The van der Waals surface area contributed by atoms with Gasteiger partial charge in [0.05, 0.1) is 18.8 Å². The summed E-state index contributed by atoms with van der Waals surface area (Å²) in [6.07, 6.45) is 2.71. The van der Waals surface area contributed by atoms with Gasteiger partial charge in [0, 0.05) is 0 Å². The Bertz CT molecular complexity index is 1010. The molecule has 0 amide bonds. The first-order valence-electron chi connectivity index (χ1n) is 6.25. The van der Waals surface area contributed by atoms with E-state index in [0.29, 0.717) is 16.0 Å². The zero-order chi connectivity index (χ0) is 15.7. The van der Waals surface area contributed by atoms with E-state index in [1.165, 1.54) is 0 Å². The van der Waals surface area contributed by atoms with Crippen LogP contribution < -0.4 is 25.1 Å². The normalized spacial score (nSPS) is 11.8. The molecule has 0 bridgehead atoms. The highest BCUT2D eigenvalue weighted by molar-refractivity contribution is 7.15. The molecular weight excluding hydrogens is 306 g/mol. The van der Waals surface area contributed by atoms with Crippen molar-refractivity contribution in [3.05, 3.63) is 55.2 Å². The van der Waals surface area contributed by atoms with Gasteiger partial charge in [-0.1, -0.05) is 17.4 Å². The molecule has 8 heteroatoms. The first kappa shape index (κ1) is 14.2. The van der Waals surface area contributed by atoms with E-state index in [1.54, 1.807) is 38.5 Å². The number of rotatable bonds is 3. The second-order valence-electron chi connectivity index (χ2n) is 4.32. The van der Waals surface area contributed by atoms with Crippen molar-refractivity contribution in [2.75, 3.05) is 14.2 Å². The van der Waals surface area contributed by atoms with Crippen LogP contribution in [0.25, 0.3) is 11.0 Å². The van der Waals surface area contributed by atoms with Gasteiger partial charge in [-0.25, -0.2) is 0 Å². The molecule has 0 unspecified atom stereocenters. The largest absolute Gasteiger partial charge is 0.493 e. The third-order valence-corrected chi connectivity index (χ3v) is 3.94. The zero-order valence-electron chi connectivity index (χ0n) is 11.8. The van der Waals surface area contributed by atoms with Gasteiger partial charge in [0.15, 0.2) is 11.5 Å². The van der Waals surface area contributed by atoms with Crippen molar-refractivity contribution in [2.24, 2.45) is 0 Å². The minimum atomic E-state index is -0.473. The van der Waals surface area contributed by atoms with Crippen LogP contribution in [0.2, 0.25) is 0 Å². The molecule has 3 aromatic rings. The van der Waals surface area contributed by atoms with Gasteiger partial charge in [-0.2, -0.15) is 14.6 Å². The molecule has 2 aromatic heterocycles. The molecule has 0 saturated heterocycles. The van der Waals surface area contributed by atoms with E-state index < -0.39 is 5.56 Å². The first-order valence-corrected chi connectivity index (χ1v) is 7.06. The number of aromatic nitrogens is 3. The topological polar surface area (TPSA) is 82.8 Å². The van der Waals surface area contributed by atoms with Gasteiger partial charge in [-0.3, -0.25) is 9.59 Å². The smallest absolute Gasteiger partial charge is 0.292 e. The van der Waals surface area contributed by atoms with Gasteiger partial charge in [-0.05, 0) is 23.8 Å². The molecule has 0 fully saturated rings. The molecule has 3 rings (SSSR count). The van der Waals surface area contributed by atoms with E-state index in [2.05, 4.69) is 10.1 Å². The summed E-state index contributed by atoms with van der Waals surface area (Å²) < 4.78 is 11.9. The molecule has 0 atom stereocenters. The van der Waals surface area contributed by atoms with Gasteiger partial charge in [0.25, 0.3) is 11.1 Å². The van der Waals surface area contributed by atoms with Gasteiger partial charge < -0.3 is 9.47 Å². The van der Waals surface area contributed by atoms with E-state index in [4.69, 9.17) is 9.47 Å². The van der Waals surface area contributed by atoms with Crippen LogP contribution in [0.3, 0.4) is 0 Å². The SMILES string of the molecule is COc1ccc(C=c2sc3nc(=O)cnn3c2=O)cc1OC. The van der Waals surface area contributed by atoms with Crippen LogP contribution in [-0.2, 0) is 0 Å². The summed E-state index contributed by atoms with van der Waals surface area (Å²) in [5.41, 5.74) is -0.0227. The third-order valence-electron chi connectivity index (χ3n) is 2.98. The van der Waals surface area contributed by atoms with E-state index in [0.717, 1.165) is 27.6 Å². The molecule has 0 aliphatic rings. The van der Waals surface area contributed by atoms with Crippen LogP contribution in [0.1, 0.15) is 5.56 Å². The number of benzene rings is 1. The molecule has 0 radical (unpaired) electrons. The lowest BCUT2D eigenvalue weighted by molar-refractivity contribution is 0.355. The molecule has 0 aliphatic carbocycles. The Morgan fingerprint density at radius 2 is 1.95 bits per heavy atom. The number of hydrogen-bond donors (Lipinski definition) is 0. The molecule has 2 heterocycles. The van der Waals surface area contributed by atoms with Crippen LogP contribution in [0.15, 0.2) is 34.0 Å². The van der Waals surface area contributed by atoms with Crippen molar-refractivity contribution >= 4 is 22.4 Å². The van der Waals surface area contributed by atoms with Crippen molar-refractivity contribution < 1.29 is 9.47 Å². The summed E-state index contributed by atoms with van der Waals surface area (Å²) in [7, 11) is 3.09. The Balaban J connectivity index is 2.18. The Kier molecular flexibility index (Phi) is 3.60. The van der Waals surface area contributed by atoms with Crippen molar-refractivity contribution in [3.63, 3.8) is 0 Å². The molecule has 0 spiro atoms. The number of nitrogens with zero attached hydrogens (tertiary/aromatic N) is 3. The lowest BCUT2D eigenvalue weighted by Gasteiger charge is -2.07. The second kappa shape index (κ2) is 5.57. The summed E-state index contributed by atoms with van der Waals surface area (Å²) in [5, 5.41) is 3.78. The highest BCUT2D eigenvalue weighted by Crippen LogP contribution is 2.27. The summed E-state index contributed by atoms with van der Waals surface area (Å²) >= 11 is 1.11. The lowest BCUT2D eigenvalue weighted by Crippen LogP contribution is -2.25. The molecule has 1 aromatic carbocycles. The van der Waals surface area contributed by atoms with E-state index in [-0.39, 0.29) is 10.5 Å². The molecule has 0 saturated carbocycles. The maximum atomic E-state index is 12.2. The zero-order valence-corrected chi connectivity index (χ0v) is 12.6. The Labute approximate surface area is 128 Å². The Morgan fingerprint density at radius 3 is 2.68 bits per heavy atom. The van der Waals surface area contributed by atoms with Gasteiger partial charge >= 0.3 is 0 Å². The molecule has 7 nitrogen and oxygen atoms in total. The van der Waals surface area contributed by atoms with E-state index >= 15 is 0 Å². The predicted molar refractivity (Wildman–Crippen MR) is 81.7 cm³/mol. The number of thiazole rings is 1. The highest BCUT2D eigenvalue weighted by atomic mass is 32.1. The highest BCUT2D eigenvalue weighted by Gasteiger charge is 2.07. The fourth-order valence-electron chi connectivity index (χ4n) is 1.96. The fourth-order valence-corrected chi connectivity index (χ4v) is 2.88. The first-order chi connectivity index (χ1) is 10.6. The van der Waals surface area contributed by atoms with Crippen molar-refractivity contribution in [1.29, 1.82) is 0 Å². The average Bonchev–Trinajstić information content (AvgIpc) is 2.82. The van der Waals surface area contributed by atoms with Crippen molar-refractivity contribution in [2.45, 2.75) is 0 Å². The molecular formula is C14H11N3O4S. The standard InChI is InChI=1S/C14H11N3O4S/c1-20-9-4-3-8(5-10(9)21-2)6-11-13(19)17-14(22-11)16-12(18)7-15-17/h3-7H,1-2H3. The number of fused-ring (bicyclic) bond motifs is 1. The third kappa shape index (κ3) is 2.44. The number of methoxy groups -OCH3 is 2. The minimum absolute atomic E-state index is 0.268. The second-order valence-corrected chi connectivity index (χ2v) is 5.33. The fraction of sp³-hybridized carbons (Fsp3) is 0.143. The summed E-state index contributed by atoms with van der Waals surface area (Å²) in [6.45, 7) is 0. The minimum Gasteiger partial charge on any atom is -0.493 e. The summed E-state index contributed by atoms with van der Waals surface area (Å²) in [6, 6.07) is 5.31. The Hall–Kier alpha value is -2.74. The van der Waals surface area contributed by atoms with Crippen molar-refractivity contribution in [3.8, 4) is 11.5 Å². The summed E-state index contributed by atoms with van der Waals surface area (Å²) in [4.78, 5) is 27.4. The molecule has 0 aliphatic heterocycles. The number of hydrogen-bond acceptors (Lipinski definition) is 7. The maximum absolute atomic E-state index is 12.2. The van der Waals surface area contributed by atoms with Gasteiger partial charge in [-0.15, -0.1) is 0 Å². The monoisotopic (exact) mass is 317 g/mol. The van der Waals surface area contributed by atoms with E-state index in [1.807, 2.05) is 0 Å². The van der Waals surface area contributed by atoms with Gasteiger partial charge in [0.2, 0.25) is 4.96 Å². The van der Waals surface area contributed by atoms with Crippen molar-refractivity contribution in [1.82, 2.24) is 14.6 Å². The molecule has 112 valence electrons. The average molecular weight is 317 g/mol. The Morgan fingerprint density at radius 1 is 1.18 bits per heavy atom. The molecule has 22 heavy (non-hydrogen) atoms. The lowest BCUT2D eigenvalue weighted by atomic mass is 10.2.